The van der Waals surface area contributed by atoms with Crippen molar-refractivity contribution in [3.05, 3.63) is 48.6 Å². The Bertz CT molecular complexity index is 554. The van der Waals surface area contributed by atoms with E-state index in [9.17, 15) is 5.11 Å². The fourth-order valence-corrected chi connectivity index (χ4v) is 3.67. The number of methoxy groups -OCH3 is 1. The van der Waals surface area contributed by atoms with E-state index in [1.807, 2.05) is 57.2 Å². The molecule has 2 unspecified atom stereocenters. The van der Waals surface area contributed by atoms with Crippen molar-refractivity contribution in [2.24, 2.45) is 11.8 Å². The van der Waals surface area contributed by atoms with Gasteiger partial charge in [0.25, 0.3) is 0 Å². The van der Waals surface area contributed by atoms with Gasteiger partial charge in [-0.05, 0) is 45.6 Å². The zero-order chi connectivity index (χ0) is 22.4. The summed E-state index contributed by atoms with van der Waals surface area (Å²) in [6.45, 7) is 10.8. The molecule has 0 spiro atoms. The Morgan fingerprint density at radius 3 is 2.50 bits per heavy atom. The molecule has 30 heavy (non-hydrogen) atoms. The monoisotopic (exact) mass is 422 g/mol. The zero-order valence-corrected chi connectivity index (χ0v) is 19.6. The predicted molar refractivity (Wildman–Crippen MR) is 122 cm³/mol. The second-order valence-corrected chi connectivity index (χ2v) is 7.88. The first kappa shape index (κ1) is 26.8. The van der Waals surface area contributed by atoms with Gasteiger partial charge in [0.1, 0.15) is 0 Å². The molecule has 0 aromatic rings. The number of allylic oxidation sites excluding steroid dienone is 5. The van der Waals surface area contributed by atoms with Crippen molar-refractivity contribution >= 4 is 0 Å². The van der Waals surface area contributed by atoms with Crippen LogP contribution in [-0.2, 0) is 18.9 Å². The average Bonchev–Trinajstić information content (AvgIpc) is 2.72. The van der Waals surface area contributed by atoms with Crippen LogP contribution in [0.2, 0.25) is 0 Å². The molecule has 7 atom stereocenters. The summed E-state index contributed by atoms with van der Waals surface area (Å²) >= 11 is 0. The first-order chi connectivity index (χ1) is 14.4. The summed E-state index contributed by atoms with van der Waals surface area (Å²) in [7, 11) is 1.66. The number of hydrogen-bond donors (Lipinski definition) is 1. The fraction of sp³-hybridized carbons (Fsp3) is 0.680. The minimum Gasteiger partial charge on any atom is -0.389 e. The summed E-state index contributed by atoms with van der Waals surface area (Å²) in [5.41, 5.74) is 0. The van der Waals surface area contributed by atoms with E-state index in [-0.39, 0.29) is 24.8 Å². The molecule has 5 heteroatoms. The summed E-state index contributed by atoms with van der Waals surface area (Å²) in [5, 5.41) is 10.4. The van der Waals surface area contributed by atoms with Gasteiger partial charge in [-0.2, -0.15) is 0 Å². The molecule has 172 valence electrons. The Hall–Kier alpha value is -1.24. The lowest BCUT2D eigenvalue weighted by molar-refractivity contribution is -0.170. The maximum absolute atomic E-state index is 10.4. The molecule has 1 aliphatic rings. The van der Waals surface area contributed by atoms with Crippen LogP contribution < -0.4 is 0 Å². The molecule has 0 radical (unpaired) electrons. The van der Waals surface area contributed by atoms with Crippen molar-refractivity contribution in [1.82, 2.24) is 0 Å². The Kier molecular flexibility index (Phi) is 13.9. The summed E-state index contributed by atoms with van der Waals surface area (Å²) in [6, 6.07) is 0. The van der Waals surface area contributed by atoms with Gasteiger partial charge in [0.2, 0.25) is 0 Å². The average molecular weight is 423 g/mol. The molecule has 0 bridgehead atoms. The second-order valence-electron chi connectivity index (χ2n) is 7.88. The Balaban J connectivity index is 2.65. The largest absolute Gasteiger partial charge is 0.389 e. The molecule has 0 aliphatic carbocycles. The highest BCUT2D eigenvalue weighted by molar-refractivity contribution is 5.11. The molecule has 1 heterocycles. The van der Waals surface area contributed by atoms with Gasteiger partial charge in [-0.25, -0.2) is 0 Å². The smallest absolute Gasteiger partial charge is 0.176 e. The third-order valence-corrected chi connectivity index (χ3v) is 5.27. The molecule has 1 rings (SSSR count). The van der Waals surface area contributed by atoms with E-state index in [1.54, 1.807) is 13.2 Å². The SMILES string of the molecule is C/C=C/C=C\C=C/[C@H](O)C[C@H](CC[C@H](C)C1O[C@@H](OC)C=C[C@@H]1C)OC(C)OCC. The number of ether oxygens (including phenoxy) is 4. The van der Waals surface area contributed by atoms with Crippen LogP contribution >= 0.6 is 0 Å². The van der Waals surface area contributed by atoms with Crippen LogP contribution in [0.5, 0.6) is 0 Å². The van der Waals surface area contributed by atoms with E-state index in [2.05, 4.69) is 19.9 Å². The van der Waals surface area contributed by atoms with Gasteiger partial charge in [-0.3, -0.25) is 0 Å². The van der Waals surface area contributed by atoms with Gasteiger partial charge in [-0.1, -0.05) is 56.4 Å². The number of rotatable bonds is 14. The van der Waals surface area contributed by atoms with Crippen molar-refractivity contribution in [3.8, 4) is 0 Å². The van der Waals surface area contributed by atoms with Crippen LogP contribution in [0.15, 0.2) is 48.6 Å². The Labute approximate surface area is 183 Å². The molecule has 0 aromatic heterocycles. The molecule has 1 aliphatic heterocycles. The second kappa shape index (κ2) is 15.5. The Morgan fingerprint density at radius 2 is 1.83 bits per heavy atom. The van der Waals surface area contributed by atoms with Gasteiger partial charge in [0.15, 0.2) is 12.6 Å². The zero-order valence-electron chi connectivity index (χ0n) is 19.6. The number of aliphatic hydroxyl groups is 1. The maximum Gasteiger partial charge on any atom is 0.176 e. The van der Waals surface area contributed by atoms with Crippen molar-refractivity contribution in [3.63, 3.8) is 0 Å². The van der Waals surface area contributed by atoms with Crippen LogP contribution in [0.1, 0.15) is 53.9 Å². The van der Waals surface area contributed by atoms with Gasteiger partial charge >= 0.3 is 0 Å². The van der Waals surface area contributed by atoms with Crippen molar-refractivity contribution in [2.45, 2.75) is 84.8 Å². The third kappa shape index (κ3) is 10.7. The molecular weight excluding hydrogens is 380 g/mol. The van der Waals surface area contributed by atoms with E-state index in [4.69, 9.17) is 18.9 Å². The van der Waals surface area contributed by atoms with Gasteiger partial charge < -0.3 is 24.1 Å². The Morgan fingerprint density at radius 1 is 1.10 bits per heavy atom. The molecule has 0 fully saturated rings. The van der Waals surface area contributed by atoms with Crippen molar-refractivity contribution in [1.29, 1.82) is 0 Å². The quantitative estimate of drug-likeness (QED) is 0.238. The highest BCUT2D eigenvalue weighted by Crippen LogP contribution is 2.29. The van der Waals surface area contributed by atoms with Crippen molar-refractivity contribution < 1.29 is 24.1 Å². The van der Waals surface area contributed by atoms with Gasteiger partial charge in [0.05, 0.1) is 18.3 Å². The lowest BCUT2D eigenvalue weighted by atomic mass is 9.87. The molecule has 5 nitrogen and oxygen atoms in total. The van der Waals surface area contributed by atoms with Gasteiger partial charge in [0, 0.05) is 26.1 Å². The summed E-state index contributed by atoms with van der Waals surface area (Å²) in [4.78, 5) is 0. The predicted octanol–water partition coefficient (Wildman–Crippen LogP) is 5.17. The molecule has 0 amide bonds. The third-order valence-electron chi connectivity index (χ3n) is 5.27. The van der Waals surface area contributed by atoms with Gasteiger partial charge in [-0.15, -0.1) is 0 Å². The molecular formula is C25H42O5. The van der Waals surface area contributed by atoms with Crippen molar-refractivity contribution in [2.75, 3.05) is 13.7 Å². The molecule has 0 saturated heterocycles. The molecule has 0 aromatic carbocycles. The maximum atomic E-state index is 10.4. The highest BCUT2D eigenvalue weighted by Gasteiger charge is 2.29. The first-order valence-electron chi connectivity index (χ1n) is 11.2. The minimum absolute atomic E-state index is 0.0965. The summed E-state index contributed by atoms with van der Waals surface area (Å²) < 4.78 is 23.1. The van der Waals surface area contributed by atoms with Crippen LogP contribution in [-0.4, -0.2) is 49.7 Å². The number of hydrogen-bond acceptors (Lipinski definition) is 5. The normalized spacial score (nSPS) is 26.6. The fourth-order valence-electron chi connectivity index (χ4n) is 3.67. The van der Waals surface area contributed by atoms with E-state index in [0.29, 0.717) is 24.9 Å². The van der Waals surface area contributed by atoms with E-state index < -0.39 is 6.10 Å². The van der Waals surface area contributed by atoms with Crippen LogP contribution in [0.3, 0.4) is 0 Å². The lowest BCUT2D eigenvalue weighted by Gasteiger charge is -2.34. The summed E-state index contributed by atoms with van der Waals surface area (Å²) in [6.07, 6.45) is 16.7. The highest BCUT2D eigenvalue weighted by atomic mass is 16.7. The van der Waals surface area contributed by atoms with E-state index in [1.165, 1.54) is 0 Å². The summed E-state index contributed by atoms with van der Waals surface area (Å²) in [5.74, 6) is 0.679. The first-order valence-corrected chi connectivity index (χ1v) is 11.2. The van der Waals surface area contributed by atoms with Crippen LogP contribution in [0, 0.1) is 11.8 Å². The number of aliphatic hydroxyl groups excluding tert-OH is 1. The molecule has 0 saturated carbocycles. The molecule has 1 N–H and O–H groups in total. The van der Waals surface area contributed by atoms with E-state index >= 15 is 0 Å². The lowest BCUT2D eigenvalue weighted by Crippen LogP contribution is -2.36. The topological polar surface area (TPSA) is 57.2 Å². The van der Waals surface area contributed by atoms with Crippen LogP contribution in [0.25, 0.3) is 0 Å². The minimum atomic E-state index is -0.569. The van der Waals surface area contributed by atoms with Crippen LogP contribution in [0.4, 0.5) is 0 Å². The standard InChI is InChI=1S/C25H42O5/c1-7-9-10-11-12-13-22(26)18-23(29-21(5)28-8-2)16-14-19(3)25-20(4)15-17-24(27-6)30-25/h7,9-13,15,17,19-26H,8,14,16,18H2,1-6H3/b9-7+,11-10-,13-12-/t19-,20-,21?,22-,23-,24+,25?/m0/s1. The van der Waals surface area contributed by atoms with E-state index in [0.717, 1.165) is 12.8 Å².